The van der Waals surface area contributed by atoms with E-state index in [2.05, 4.69) is 0 Å². The summed E-state index contributed by atoms with van der Waals surface area (Å²) in [6.45, 7) is 0.927. The number of hydrogen-bond donors (Lipinski definition) is 2. The molecule has 0 heterocycles. The van der Waals surface area contributed by atoms with E-state index in [4.69, 9.17) is 10.2 Å². The summed E-state index contributed by atoms with van der Waals surface area (Å²) in [4.78, 5) is 0. The second-order valence-corrected chi connectivity index (χ2v) is 4.76. The van der Waals surface area contributed by atoms with Gasteiger partial charge in [0.15, 0.2) is 6.17 Å². The molecule has 2 N–H and O–H groups in total. The van der Waals surface area contributed by atoms with Gasteiger partial charge in [0, 0.05) is 0 Å². The third-order valence-electron chi connectivity index (χ3n) is 2.94. The van der Waals surface area contributed by atoms with Crippen molar-refractivity contribution < 1.29 is 62.9 Å². The molecule has 146 valence electrons. The summed E-state index contributed by atoms with van der Waals surface area (Å²) < 4.78 is 155. The highest BCUT2D eigenvalue weighted by Gasteiger charge is 2.90. The lowest BCUT2D eigenvalue weighted by molar-refractivity contribution is -0.468. The molecule has 0 amide bonds. The maximum absolute atomic E-state index is 13.1. The maximum Gasteiger partial charge on any atom is 0.400 e. The van der Waals surface area contributed by atoms with Crippen LogP contribution in [0.3, 0.4) is 0 Å². The van der Waals surface area contributed by atoms with Crippen LogP contribution in [0.5, 0.6) is 0 Å². The molecule has 0 rings (SSSR count). The molecule has 2 nitrogen and oxygen atoms in total. The summed E-state index contributed by atoms with van der Waals surface area (Å²) in [6, 6.07) is -6.47. The van der Waals surface area contributed by atoms with Crippen LogP contribution in [-0.4, -0.2) is 52.0 Å². The van der Waals surface area contributed by atoms with Crippen molar-refractivity contribution in [3.8, 4) is 0 Å². The van der Waals surface area contributed by atoms with Crippen LogP contribution >= 0.6 is 0 Å². The van der Waals surface area contributed by atoms with Crippen molar-refractivity contribution in [1.82, 2.24) is 0 Å². The van der Waals surface area contributed by atoms with Crippen LogP contribution in [0.4, 0.5) is 52.7 Å². The van der Waals surface area contributed by atoms with Crippen LogP contribution in [0.2, 0.25) is 0 Å². The summed E-state index contributed by atoms with van der Waals surface area (Å²) in [5.41, 5.74) is 0. The van der Waals surface area contributed by atoms with Crippen LogP contribution in [0, 0.1) is 0 Å². The van der Waals surface area contributed by atoms with Crippen molar-refractivity contribution in [3.63, 3.8) is 0 Å². The fourth-order valence-corrected chi connectivity index (χ4v) is 1.43. The molecule has 24 heavy (non-hydrogen) atoms. The van der Waals surface area contributed by atoms with Crippen LogP contribution in [0.25, 0.3) is 0 Å². The molecular weight excluding hydrogens is 380 g/mol. The van der Waals surface area contributed by atoms with E-state index in [9.17, 15) is 52.7 Å². The Labute approximate surface area is 126 Å². The first-order valence-corrected chi connectivity index (χ1v) is 5.90. The van der Waals surface area contributed by atoms with Crippen molar-refractivity contribution in [2.75, 3.05) is 0 Å². The van der Waals surface area contributed by atoms with Gasteiger partial charge in [0.05, 0.1) is 0 Å². The molecule has 0 fully saturated rings. The average molecular weight is 390 g/mol. The summed E-state index contributed by atoms with van der Waals surface area (Å²) in [7, 11) is 0. The quantitative estimate of drug-likeness (QED) is 0.488. The van der Waals surface area contributed by atoms with E-state index >= 15 is 0 Å². The standard InChI is InChI=1S/C10H10F12O2/c1-2-3-4(11)5(12,13)6(14,15)7(16,17)8(18,19)9(20,21)10(22,23)24/h4,23-24H,2-3H2,1H3. The zero-order chi connectivity index (χ0) is 20.0. The molecule has 0 bridgehead atoms. The van der Waals surface area contributed by atoms with Gasteiger partial charge in [0.1, 0.15) is 0 Å². The third kappa shape index (κ3) is 3.02. The first kappa shape index (κ1) is 23.1. The van der Waals surface area contributed by atoms with E-state index in [0.717, 1.165) is 6.92 Å². The van der Waals surface area contributed by atoms with Gasteiger partial charge in [0.2, 0.25) is 0 Å². The zero-order valence-electron chi connectivity index (χ0n) is 11.4. The van der Waals surface area contributed by atoms with E-state index in [1.807, 2.05) is 0 Å². The zero-order valence-corrected chi connectivity index (χ0v) is 11.4. The number of aliphatic hydroxyl groups is 2. The van der Waals surface area contributed by atoms with E-state index in [1.54, 1.807) is 0 Å². The second kappa shape index (κ2) is 6.11. The number of hydrogen-bond acceptors (Lipinski definition) is 2. The number of rotatable bonds is 8. The Morgan fingerprint density at radius 2 is 1.00 bits per heavy atom. The largest absolute Gasteiger partial charge is 0.400 e. The van der Waals surface area contributed by atoms with E-state index < -0.39 is 54.7 Å². The fourth-order valence-electron chi connectivity index (χ4n) is 1.43. The van der Waals surface area contributed by atoms with Gasteiger partial charge in [0.25, 0.3) is 0 Å². The molecule has 0 aliphatic rings. The summed E-state index contributed by atoms with van der Waals surface area (Å²) in [6.07, 6.45) is -6.29. The maximum atomic E-state index is 13.1. The molecule has 0 radical (unpaired) electrons. The predicted octanol–water partition coefficient (Wildman–Crippen LogP) is 3.91. The number of alkyl halides is 12. The Morgan fingerprint density at radius 1 is 0.667 bits per heavy atom. The Hall–Kier alpha value is -0.920. The SMILES string of the molecule is CCCC(F)C(F)(F)C(F)(F)C(F)(F)C(F)(F)C(F)(F)C(O)(O)F. The van der Waals surface area contributed by atoms with Gasteiger partial charge in [-0.2, -0.15) is 48.3 Å². The average Bonchev–Trinajstić information content (AvgIpc) is 2.36. The lowest BCUT2D eigenvalue weighted by Gasteiger charge is -2.41. The molecule has 0 aliphatic heterocycles. The van der Waals surface area contributed by atoms with Crippen molar-refractivity contribution in [2.24, 2.45) is 0 Å². The topological polar surface area (TPSA) is 40.5 Å². The van der Waals surface area contributed by atoms with Gasteiger partial charge in [-0.15, -0.1) is 0 Å². The van der Waals surface area contributed by atoms with Gasteiger partial charge >= 0.3 is 35.7 Å². The van der Waals surface area contributed by atoms with Gasteiger partial charge in [-0.3, -0.25) is 0 Å². The van der Waals surface area contributed by atoms with Crippen molar-refractivity contribution >= 4 is 0 Å². The summed E-state index contributed by atoms with van der Waals surface area (Å²) in [5, 5.41) is 15.5. The van der Waals surface area contributed by atoms with E-state index in [0.29, 0.717) is 0 Å². The van der Waals surface area contributed by atoms with Gasteiger partial charge in [-0.25, -0.2) is 4.39 Å². The van der Waals surface area contributed by atoms with Crippen molar-refractivity contribution in [1.29, 1.82) is 0 Å². The van der Waals surface area contributed by atoms with Crippen LogP contribution in [-0.2, 0) is 0 Å². The number of halogens is 12. The minimum Gasteiger partial charge on any atom is -0.335 e. The summed E-state index contributed by atoms with van der Waals surface area (Å²) >= 11 is 0. The Bertz CT molecular complexity index is 442. The molecule has 0 saturated carbocycles. The summed E-state index contributed by atoms with van der Waals surface area (Å²) in [5.74, 6) is -36.9. The highest BCUT2D eigenvalue weighted by atomic mass is 19.4. The molecule has 0 spiro atoms. The van der Waals surface area contributed by atoms with Gasteiger partial charge in [-0.1, -0.05) is 13.3 Å². The molecule has 0 aliphatic carbocycles. The highest BCUT2D eigenvalue weighted by molar-refractivity contribution is 5.11. The van der Waals surface area contributed by atoms with Crippen LogP contribution in [0.1, 0.15) is 19.8 Å². The lowest BCUT2D eigenvalue weighted by Crippen LogP contribution is -2.72. The molecule has 0 saturated heterocycles. The van der Waals surface area contributed by atoms with Crippen LogP contribution in [0.15, 0.2) is 0 Å². The molecular formula is C10H10F12O2. The first-order valence-electron chi connectivity index (χ1n) is 5.90. The normalized spacial score (nSPS) is 17.1. The lowest BCUT2D eigenvalue weighted by atomic mass is 9.90. The molecule has 0 aromatic rings. The van der Waals surface area contributed by atoms with E-state index in [-0.39, 0.29) is 0 Å². The van der Waals surface area contributed by atoms with Crippen molar-refractivity contribution in [2.45, 2.75) is 61.6 Å². The van der Waals surface area contributed by atoms with Crippen molar-refractivity contribution in [3.05, 3.63) is 0 Å². The second-order valence-electron chi connectivity index (χ2n) is 4.76. The predicted molar refractivity (Wildman–Crippen MR) is 52.8 cm³/mol. The third-order valence-corrected chi connectivity index (χ3v) is 2.94. The van der Waals surface area contributed by atoms with Gasteiger partial charge in [-0.05, 0) is 6.42 Å². The first-order chi connectivity index (χ1) is 10.2. The van der Waals surface area contributed by atoms with E-state index in [1.165, 1.54) is 0 Å². The smallest absolute Gasteiger partial charge is 0.335 e. The molecule has 14 heteroatoms. The minimum absolute atomic E-state index is 0.633. The Morgan fingerprint density at radius 3 is 1.29 bits per heavy atom. The highest BCUT2D eigenvalue weighted by Crippen LogP contribution is 2.59. The molecule has 1 atom stereocenters. The molecule has 0 aromatic heterocycles. The fraction of sp³-hybridized carbons (Fsp3) is 1.00. The Balaban J connectivity index is 6.20. The molecule has 1 unspecified atom stereocenters. The monoisotopic (exact) mass is 390 g/mol. The minimum atomic E-state index is -7.77. The van der Waals surface area contributed by atoms with Crippen LogP contribution < -0.4 is 0 Å². The molecule has 0 aromatic carbocycles. The van der Waals surface area contributed by atoms with Gasteiger partial charge < -0.3 is 10.2 Å². The Kier molecular flexibility index (Phi) is 5.87.